The zero-order valence-corrected chi connectivity index (χ0v) is 26.7. The first kappa shape index (κ1) is 30.8. The monoisotopic (exact) mass is 645 g/mol. The van der Waals surface area contributed by atoms with Crippen LogP contribution in [-0.2, 0) is 21.8 Å². The molecule has 2 atom stereocenters. The lowest BCUT2D eigenvalue weighted by Crippen LogP contribution is -2.29. The van der Waals surface area contributed by atoms with Gasteiger partial charge in [0.25, 0.3) is 5.78 Å². The van der Waals surface area contributed by atoms with E-state index < -0.39 is 17.7 Å². The topological polar surface area (TPSA) is 102 Å². The fraction of sp³-hybridized carbons (Fsp3) is 0.294. The molecular weight excluding hydrogens is 614 g/mol. The average molecular weight is 646 g/mol. The predicted molar refractivity (Wildman–Crippen MR) is 172 cm³/mol. The Kier molecular flexibility index (Phi) is 8.91. The lowest BCUT2D eigenvalue weighted by molar-refractivity contribution is -0.132. The van der Waals surface area contributed by atoms with Crippen molar-refractivity contribution < 1.29 is 28.6 Å². The molecule has 3 aromatic carbocycles. The van der Waals surface area contributed by atoms with Gasteiger partial charge in [0, 0.05) is 17.7 Å². The quantitative estimate of drug-likeness (QED) is 0.0629. The van der Waals surface area contributed by atoms with Crippen molar-refractivity contribution in [3.63, 3.8) is 0 Å². The van der Waals surface area contributed by atoms with Crippen molar-refractivity contribution in [3.05, 3.63) is 100 Å². The van der Waals surface area contributed by atoms with Crippen molar-refractivity contribution in [2.45, 2.75) is 55.9 Å². The Morgan fingerprint density at radius 1 is 1.13 bits per heavy atom. The Morgan fingerprint density at radius 2 is 1.96 bits per heavy atom. The summed E-state index contributed by atoms with van der Waals surface area (Å²) < 4.78 is 26.5. The third-order valence-electron chi connectivity index (χ3n) is 7.66. The summed E-state index contributed by atoms with van der Waals surface area (Å²) in [5.41, 5.74) is 2.37. The van der Waals surface area contributed by atoms with E-state index in [9.17, 15) is 19.1 Å². The minimum atomic E-state index is -0.987. The maximum atomic E-state index is 14.2. The zero-order chi connectivity index (χ0) is 31.7. The van der Waals surface area contributed by atoms with Crippen LogP contribution in [0.5, 0.6) is 11.5 Å². The van der Waals surface area contributed by atoms with Crippen LogP contribution in [0, 0.1) is 11.7 Å². The number of thioether (sulfide) groups is 1. The summed E-state index contributed by atoms with van der Waals surface area (Å²) in [6.07, 6.45) is 1.54. The smallest absolute Gasteiger partial charge is 0.301 e. The number of ether oxygens (including phenoxy) is 2. The molecule has 6 rings (SSSR count). The van der Waals surface area contributed by atoms with Crippen LogP contribution in [0.15, 0.2) is 76.6 Å². The molecule has 0 spiro atoms. The van der Waals surface area contributed by atoms with Gasteiger partial charge in [0.15, 0.2) is 4.34 Å². The third kappa shape index (κ3) is 6.46. The number of Topliss-reactive ketones (excluding diaryl/α,β-unsaturated/α-hetero) is 1. The van der Waals surface area contributed by atoms with Crippen LogP contribution in [0.2, 0.25) is 0 Å². The molecule has 0 aliphatic carbocycles. The van der Waals surface area contributed by atoms with Crippen LogP contribution < -0.4 is 14.4 Å². The Morgan fingerprint density at radius 3 is 2.76 bits per heavy atom. The summed E-state index contributed by atoms with van der Waals surface area (Å²) in [6, 6.07) is 17.9. The van der Waals surface area contributed by atoms with Crippen molar-refractivity contribution in [1.82, 2.24) is 10.2 Å². The average Bonchev–Trinajstić information content (AvgIpc) is 3.71. The van der Waals surface area contributed by atoms with Crippen molar-refractivity contribution in [1.29, 1.82) is 0 Å². The number of rotatable bonds is 10. The third-order valence-corrected chi connectivity index (χ3v) is 9.77. The molecule has 0 saturated carbocycles. The van der Waals surface area contributed by atoms with Crippen molar-refractivity contribution in [2.75, 3.05) is 11.5 Å². The van der Waals surface area contributed by atoms with Crippen molar-refractivity contribution in [2.24, 2.45) is 5.92 Å². The number of halogens is 1. The maximum Gasteiger partial charge on any atom is 0.301 e. The first-order valence-corrected chi connectivity index (χ1v) is 16.5. The minimum Gasteiger partial charge on any atom is -0.507 e. The number of hydrogen-bond acceptors (Lipinski definition) is 9. The van der Waals surface area contributed by atoms with Gasteiger partial charge in [-0.05, 0) is 72.4 Å². The second-order valence-electron chi connectivity index (χ2n) is 11.5. The van der Waals surface area contributed by atoms with Gasteiger partial charge in [0.1, 0.15) is 29.2 Å². The lowest BCUT2D eigenvalue weighted by Gasteiger charge is -2.23. The highest BCUT2D eigenvalue weighted by Gasteiger charge is 2.48. The highest BCUT2D eigenvalue weighted by Crippen LogP contribution is 2.45. The number of aliphatic hydroxyl groups excluding tert-OH is 1. The molecule has 11 heteroatoms. The number of ketones is 1. The largest absolute Gasteiger partial charge is 0.507 e. The number of aromatic nitrogens is 2. The molecule has 2 aliphatic heterocycles. The van der Waals surface area contributed by atoms with E-state index in [2.05, 4.69) is 24.0 Å². The molecule has 0 bridgehead atoms. The lowest BCUT2D eigenvalue weighted by atomic mass is 9.94. The number of amides is 1. The second kappa shape index (κ2) is 13.0. The van der Waals surface area contributed by atoms with Crippen LogP contribution in [-0.4, -0.2) is 39.7 Å². The summed E-state index contributed by atoms with van der Waals surface area (Å²) >= 11 is 2.41. The number of hydrogen-bond donors (Lipinski definition) is 1. The molecule has 2 aliphatic rings. The molecule has 1 saturated heterocycles. The first-order chi connectivity index (χ1) is 21.7. The Hall–Kier alpha value is -4.22. The fourth-order valence-corrected chi connectivity index (χ4v) is 7.22. The Bertz CT molecular complexity index is 1790. The number of carbonyl (C=O) groups excluding carboxylic acids is 2. The summed E-state index contributed by atoms with van der Waals surface area (Å²) in [5, 5.41) is 20.3. The van der Waals surface area contributed by atoms with E-state index in [1.54, 1.807) is 54.6 Å². The normalized spacial score (nSPS) is 18.8. The minimum absolute atomic E-state index is 0.00395. The van der Waals surface area contributed by atoms with Gasteiger partial charge < -0.3 is 14.6 Å². The first-order valence-electron chi connectivity index (χ1n) is 14.7. The molecule has 1 amide bonds. The second-order valence-corrected chi connectivity index (χ2v) is 13.6. The highest BCUT2D eigenvalue weighted by atomic mass is 32.2. The van der Waals surface area contributed by atoms with Crippen molar-refractivity contribution in [3.8, 4) is 11.5 Å². The van der Waals surface area contributed by atoms with Gasteiger partial charge in [0.2, 0.25) is 5.13 Å². The molecule has 0 radical (unpaired) electrons. The van der Waals surface area contributed by atoms with E-state index in [4.69, 9.17) is 9.47 Å². The Balaban J connectivity index is 1.38. The zero-order valence-electron chi connectivity index (χ0n) is 25.0. The van der Waals surface area contributed by atoms with Crippen LogP contribution in [0.1, 0.15) is 55.5 Å². The molecular formula is C34H32FN3O5S2. The van der Waals surface area contributed by atoms with Gasteiger partial charge in [-0.15, -0.1) is 10.2 Å². The van der Waals surface area contributed by atoms with Crippen molar-refractivity contribution >= 4 is 45.7 Å². The number of carbonyl (C=O) groups is 2. The van der Waals surface area contributed by atoms with Gasteiger partial charge >= 0.3 is 5.91 Å². The summed E-state index contributed by atoms with van der Waals surface area (Å²) in [6.45, 7) is 6.70. The van der Waals surface area contributed by atoms with E-state index in [-0.39, 0.29) is 28.4 Å². The molecule has 3 heterocycles. The van der Waals surface area contributed by atoms with Crippen LogP contribution in [0.4, 0.5) is 9.52 Å². The molecule has 1 aromatic heterocycles. The Labute approximate surface area is 268 Å². The molecule has 1 fully saturated rings. The fourth-order valence-electron chi connectivity index (χ4n) is 5.37. The van der Waals surface area contributed by atoms with Crippen LogP contribution >= 0.6 is 23.1 Å². The number of benzene rings is 3. The van der Waals surface area contributed by atoms with Gasteiger partial charge in [-0.25, -0.2) is 4.39 Å². The molecule has 0 unspecified atom stereocenters. The SMILES string of the molecule is CC(C)CCOc1cccc([C@H]2C(=C(O)c3ccc4c(c3)C[C@@H](C)O4)C(=O)C(=O)N2c2nnc(SCc3ccccc3F)s2)c1. The van der Waals surface area contributed by atoms with Crippen LogP contribution in [0.25, 0.3) is 5.76 Å². The summed E-state index contributed by atoms with van der Waals surface area (Å²) in [7, 11) is 0. The summed E-state index contributed by atoms with van der Waals surface area (Å²) in [5.74, 6) is -0.158. The maximum absolute atomic E-state index is 14.2. The molecule has 4 aromatic rings. The van der Waals surface area contributed by atoms with Gasteiger partial charge in [-0.3, -0.25) is 14.5 Å². The van der Waals surface area contributed by atoms with Gasteiger partial charge in [-0.1, -0.05) is 67.3 Å². The number of anilines is 1. The standard InChI is InChI=1S/C34H32FN3O5S2/c1-19(2)13-14-42-25-9-6-8-21(17-25)29-28(30(39)22-11-12-27-24(16-22)15-20(3)43-27)31(40)32(41)38(29)33-36-37-34(45-33)44-18-23-7-4-5-10-26(23)35/h4-12,16-17,19-20,29,39H,13-15,18H2,1-3H3/t20-,29+/m1/s1. The molecule has 232 valence electrons. The van der Waals surface area contributed by atoms with E-state index in [0.717, 1.165) is 29.1 Å². The van der Waals surface area contributed by atoms with Crippen LogP contribution in [0.3, 0.4) is 0 Å². The number of aliphatic hydroxyl groups is 1. The van der Waals surface area contributed by atoms with Gasteiger partial charge in [0.05, 0.1) is 18.2 Å². The van der Waals surface area contributed by atoms with E-state index >= 15 is 0 Å². The van der Waals surface area contributed by atoms with Gasteiger partial charge in [-0.2, -0.15) is 0 Å². The predicted octanol–water partition coefficient (Wildman–Crippen LogP) is 7.34. The number of nitrogens with zero attached hydrogens (tertiary/aromatic N) is 3. The number of fused-ring (bicyclic) bond motifs is 1. The van der Waals surface area contributed by atoms with E-state index in [1.807, 2.05) is 13.0 Å². The van der Waals surface area contributed by atoms with E-state index in [1.165, 1.54) is 22.7 Å². The molecule has 45 heavy (non-hydrogen) atoms. The highest BCUT2D eigenvalue weighted by molar-refractivity contribution is 8.00. The summed E-state index contributed by atoms with van der Waals surface area (Å²) in [4.78, 5) is 28.7. The molecule has 8 nitrogen and oxygen atoms in total. The molecule has 1 N–H and O–H groups in total. The van der Waals surface area contributed by atoms with E-state index in [0.29, 0.717) is 51.5 Å².